The molecule has 0 heterocycles. The number of ketones is 2. The SMILES string of the molecule is Cc1cccc(C)c1NC(=O)CCC(=O)CC(=O)C(C)C. The zero-order chi connectivity index (χ0) is 16.0. The molecule has 0 radical (unpaired) electrons. The lowest BCUT2D eigenvalue weighted by atomic mass is 10.0. The van der Waals surface area contributed by atoms with Gasteiger partial charge in [0, 0.05) is 24.4 Å². The average molecular weight is 289 g/mol. The number of benzene rings is 1. The Morgan fingerprint density at radius 3 is 2.14 bits per heavy atom. The smallest absolute Gasteiger partial charge is 0.224 e. The lowest BCUT2D eigenvalue weighted by molar-refractivity contribution is -0.130. The summed E-state index contributed by atoms with van der Waals surface area (Å²) in [6.45, 7) is 7.39. The van der Waals surface area contributed by atoms with E-state index in [0.29, 0.717) is 0 Å². The predicted molar refractivity (Wildman–Crippen MR) is 83.2 cm³/mol. The van der Waals surface area contributed by atoms with Gasteiger partial charge in [-0.05, 0) is 25.0 Å². The van der Waals surface area contributed by atoms with Crippen LogP contribution in [-0.4, -0.2) is 17.5 Å². The maximum atomic E-state index is 11.9. The first-order chi connectivity index (χ1) is 9.81. The number of Topliss-reactive ketones (excluding diaryl/α,β-unsaturated/α-hetero) is 2. The van der Waals surface area contributed by atoms with E-state index in [1.807, 2.05) is 32.0 Å². The van der Waals surface area contributed by atoms with Crippen LogP contribution in [0, 0.1) is 19.8 Å². The Balaban J connectivity index is 2.48. The summed E-state index contributed by atoms with van der Waals surface area (Å²) in [6, 6.07) is 5.78. The van der Waals surface area contributed by atoms with Crippen LogP contribution in [0.1, 0.15) is 44.2 Å². The molecule has 114 valence electrons. The molecule has 0 fully saturated rings. The van der Waals surface area contributed by atoms with Gasteiger partial charge in [0.2, 0.25) is 5.91 Å². The van der Waals surface area contributed by atoms with Gasteiger partial charge in [-0.3, -0.25) is 14.4 Å². The van der Waals surface area contributed by atoms with E-state index in [9.17, 15) is 14.4 Å². The first-order valence-corrected chi connectivity index (χ1v) is 7.21. The van der Waals surface area contributed by atoms with E-state index >= 15 is 0 Å². The Labute approximate surface area is 125 Å². The molecule has 0 aliphatic carbocycles. The summed E-state index contributed by atoms with van der Waals surface area (Å²) in [5, 5.41) is 2.83. The molecule has 0 unspecified atom stereocenters. The van der Waals surface area contributed by atoms with Crippen molar-refractivity contribution in [1.29, 1.82) is 0 Å². The van der Waals surface area contributed by atoms with Gasteiger partial charge in [-0.25, -0.2) is 0 Å². The molecule has 1 amide bonds. The van der Waals surface area contributed by atoms with E-state index in [4.69, 9.17) is 0 Å². The molecular formula is C17H23NO3. The summed E-state index contributed by atoms with van der Waals surface area (Å²) in [5.41, 5.74) is 2.78. The molecule has 0 aliphatic heterocycles. The van der Waals surface area contributed by atoms with Crippen molar-refractivity contribution in [2.24, 2.45) is 5.92 Å². The highest BCUT2D eigenvalue weighted by atomic mass is 16.2. The standard InChI is InChI=1S/C17H23NO3/c1-11(2)15(20)10-14(19)8-9-16(21)18-17-12(3)6-5-7-13(17)4/h5-7,11H,8-10H2,1-4H3,(H,18,21). The van der Waals surface area contributed by atoms with Crippen LogP contribution < -0.4 is 5.32 Å². The summed E-state index contributed by atoms with van der Waals surface area (Å²) < 4.78 is 0. The van der Waals surface area contributed by atoms with E-state index in [1.165, 1.54) is 0 Å². The first kappa shape index (κ1) is 17.1. The molecule has 0 bridgehead atoms. The molecule has 0 saturated heterocycles. The van der Waals surface area contributed by atoms with Crippen LogP contribution in [0.5, 0.6) is 0 Å². The zero-order valence-electron chi connectivity index (χ0n) is 13.2. The normalized spacial score (nSPS) is 10.5. The number of carbonyl (C=O) groups is 3. The van der Waals surface area contributed by atoms with Gasteiger partial charge in [0.15, 0.2) is 0 Å². The van der Waals surface area contributed by atoms with Gasteiger partial charge in [0.1, 0.15) is 11.6 Å². The minimum atomic E-state index is -0.197. The van der Waals surface area contributed by atoms with Gasteiger partial charge in [-0.1, -0.05) is 32.0 Å². The lowest BCUT2D eigenvalue weighted by Gasteiger charge is -2.11. The molecule has 1 aromatic rings. The van der Waals surface area contributed by atoms with E-state index in [1.54, 1.807) is 13.8 Å². The molecule has 4 heteroatoms. The number of rotatable bonds is 7. The average Bonchev–Trinajstić information content (AvgIpc) is 2.40. The highest BCUT2D eigenvalue weighted by Gasteiger charge is 2.14. The summed E-state index contributed by atoms with van der Waals surface area (Å²) in [6.07, 6.45) is 0.140. The number of carbonyl (C=O) groups excluding carboxylic acids is 3. The van der Waals surface area contributed by atoms with Crippen LogP contribution in [-0.2, 0) is 14.4 Å². The van der Waals surface area contributed by atoms with Crippen molar-refractivity contribution in [1.82, 2.24) is 0 Å². The molecule has 0 aliphatic rings. The van der Waals surface area contributed by atoms with Crippen molar-refractivity contribution >= 4 is 23.2 Å². The topological polar surface area (TPSA) is 63.2 Å². The zero-order valence-corrected chi connectivity index (χ0v) is 13.2. The van der Waals surface area contributed by atoms with Gasteiger partial charge in [0.25, 0.3) is 0 Å². The van der Waals surface area contributed by atoms with Crippen LogP contribution in [0.25, 0.3) is 0 Å². The summed E-state index contributed by atoms with van der Waals surface area (Å²) in [4.78, 5) is 35.0. The molecule has 1 rings (SSSR count). The highest BCUT2D eigenvalue weighted by Crippen LogP contribution is 2.19. The van der Waals surface area contributed by atoms with E-state index in [0.717, 1.165) is 16.8 Å². The molecule has 4 nitrogen and oxygen atoms in total. The van der Waals surface area contributed by atoms with Crippen LogP contribution in [0.2, 0.25) is 0 Å². The molecule has 21 heavy (non-hydrogen) atoms. The minimum Gasteiger partial charge on any atom is -0.326 e. The Bertz CT molecular complexity index is 527. The van der Waals surface area contributed by atoms with Gasteiger partial charge in [-0.2, -0.15) is 0 Å². The molecule has 0 atom stereocenters. The third kappa shape index (κ3) is 5.50. The van der Waals surface area contributed by atoms with Crippen LogP contribution in [0.4, 0.5) is 5.69 Å². The van der Waals surface area contributed by atoms with E-state index < -0.39 is 0 Å². The Morgan fingerprint density at radius 2 is 1.62 bits per heavy atom. The largest absolute Gasteiger partial charge is 0.326 e. The molecular weight excluding hydrogens is 266 g/mol. The third-order valence-corrected chi connectivity index (χ3v) is 3.39. The second-order valence-corrected chi connectivity index (χ2v) is 5.65. The van der Waals surface area contributed by atoms with Gasteiger partial charge in [-0.15, -0.1) is 0 Å². The second-order valence-electron chi connectivity index (χ2n) is 5.65. The molecule has 0 saturated carbocycles. The highest BCUT2D eigenvalue weighted by molar-refractivity contribution is 6.02. The summed E-state index contributed by atoms with van der Waals surface area (Å²) in [5.74, 6) is -0.587. The molecule has 0 spiro atoms. The molecule has 1 N–H and O–H groups in total. The number of hydrogen-bond donors (Lipinski definition) is 1. The van der Waals surface area contributed by atoms with Crippen LogP contribution in [0.3, 0.4) is 0 Å². The van der Waals surface area contributed by atoms with Crippen molar-refractivity contribution in [3.63, 3.8) is 0 Å². The Hall–Kier alpha value is -1.97. The van der Waals surface area contributed by atoms with Crippen molar-refractivity contribution < 1.29 is 14.4 Å². The Morgan fingerprint density at radius 1 is 1.05 bits per heavy atom. The quantitative estimate of drug-likeness (QED) is 0.784. The Kier molecular flexibility index (Phi) is 6.28. The number of aryl methyl sites for hydroxylation is 2. The van der Waals surface area contributed by atoms with Crippen molar-refractivity contribution in [2.75, 3.05) is 5.32 Å². The van der Waals surface area contributed by atoms with Gasteiger partial charge in [0.05, 0.1) is 6.42 Å². The summed E-state index contributed by atoms with van der Waals surface area (Å²) in [7, 11) is 0. The number of hydrogen-bond acceptors (Lipinski definition) is 3. The number of amides is 1. The maximum absolute atomic E-state index is 11.9. The van der Waals surface area contributed by atoms with Crippen molar-refractivity contribution in [2.45, 2.75) is 47.0 Å². The first-order valence-electron chi connectivity index (χ1n) is 7.21. The fourth-order valence-corrected chi connectivity index (χ4v) is 1.95. The number of para-hydroxylation sites is 1. The summed E-state index contributed by atoms with van der Waals surface area (Å²) >= 11 is 0. The monoisotopic (exact) mass is 289 g/mol. The number of anilines is 1. The minimum absolute atomic E-state index is 0.0739. The molecule has 1 aromatic carbocycles. The van der Waals surface area contributed by atoms with E-state index in [-0.39, 0.29) is 42.7 Å². The predicted octanol–water partition coefficient (Wildman–Crippen LogP) is 3.21. The van der Waals surface area contributed by atoms with Gasteiger partial charge >= 0.3 is 0 Å². The number of nitrogens with one attached hydrogen (secondary N) is 1. The fourth-order valence-electron chi connectivity index (χ4n) is 1.95. The fraction of sp³-hybridized carbons (Fsp3) is 0.471. The van der Waals surface area contributed by atoms with Crippen molar-refractivity contribution in [3.8, 4) is 0 Å². The second kappa shape index (κ2) is 7.72. The van der Waals surface area contributed by atoms with E-state index in [2.05, 4.69) is 5.32 Å². The van der Waals surface area contributed by atoms with Crippen molar-refractivity contribution in [3.05, 3.63) is 29.3 Å². The lowest BCUT2D eigenvalue weighted by Crippen LogP contribution is -2.17. The third-order valence-electron chi connectivity index (χ3n) is 3.39. The van der Waals surface area contributed by atoms with Crippen LogP contribution in [0.15, 0.2) is 18.2 Å². The van der Waals surface area contributed by atoms with Crippen LogP contribution >= 0.6 is 0 Å². The molecule has 0 aromatic heterocycles. The van der Waals surface area contributed by atoms with Gasteiger partial charge < -0.3 is 5.32 Å². The maximum Gasteiger partial charge on any atom is 0.224 e.